The fourth-order valence-corrected chi connectivity index (χ4v) is 2.76. The molecule has 0 spiro atoms. The summed E-state index contributed by atoms with van der Waals surface area (Å²) in [7, 11) is 0. The van der Waals surface area contributed by atoms with Crippen LogP contribution in [0, 0.1) is 11.3 Å². The van der Waals surface area contributed by atoms with Crippen molar-refractivity contribution < 1.29 is 9.59 Å². The van der Waals surface area contributed by atoms with Gasteiger partial charge in [-0.15, -0.1) is 0 Å². The fourth-order valence-electron chi connectivity index (χ4n) is 2.76. The molecule has 2 unspecified atom stereocenters. The van der Waals surface area contributed by atoms with E-state index >= 15 is 0 Å². The molecule has 16 heavy (non-hydrogen) atoms. The number of rotatable bonds is 3. The molecule has 2 fully saturated rings. The number of ketones is 1. The summed E-state index contributed by atoms with van der Waals surface area (Å²) in [5.41, 5.74) is 0.195. The highest BCUT2D eigenvalue weighted by Gasteiger charge is 2.53. The molecular weight excluding hydrogens is 202 g/mol. The zero-order valence-corrected chi connectivity index (χ0v) is 10.5. The number of carbonyl (C=O) groups excluding carboxylic acids is 2. The van der Waals surface area contributed by atoms with E-state index in [2.05, 4.69) is 13.8 Å². The van der Waals surface area contributed by atoms with Crippen molar-refractivity contribution in [3.05, 3.63) is 0 Å². The van der Waals surface area contributed by atoms with E-state index < -0.39 is 0 Å². The standard InChI is InChI=1S/C13H21NO2/c1-9(15)7-10-5-4-6-14(10)12(16)11-8-13(11,2)3/h10-11H,4-8H2,1-3H3. The van der Waals surface area contributed by atoms with Gasteiger partial charge in [0, 0.05) is 24.9 Å². The summed E-state index contributed by atoms with van der Waals surface area (Å²) in [6, 6.07) is 0.182. The molecule has 1 heterocycles. The van der Waals surface area contributed by atoms with Gasteiger partial charge in [-0.05, 0) is 31.6 Å². The number of likely N-dealkylation sites (tertiary alicyclic amines) is 1. The minimum Gasteiger partial charge on any atom is -0.339 e. The minimum absolute atomic E-state index is 0.182. The second-order valence-corrected chi connectivity index (χ2v) is 5.98. The molecule has 2 aliphatic rings. The van der Waals surface area contributed by atoms with Gasteiger partial charge in [0.2, 0.25) is 5.91 Å². The Balaban J connectivity index is 1.98. The van der Waals surface area contributed by atoms with Crippen LogP contribution >= 0.6 is 0 Å². The van der Waals surface area contributed by atoms with Gasteiger partial charge in [0.25, 0.3) is 0 Å². The van der Waals surface area contributed by atoms with E-state index in [-0.39, 0.29) is 29.1 Å². The molecule has 3 nitrogen and oxygen atoms in total. The van der Waals surface area contributed by atoms with Gasteiger partial charge in [0.1, 0.15) is 5.78 Å². The van der Waals surface area contributed by atoms with Gasteiger partial charge in [-0.2, -0.15) is 0 Å². The summed E-state index contributed by atoms with van der Waals surface area (Å²) < 4.78 is 0. The molecule has 1 saturated heterocycles. The SMILES string of the molecule is CC(=O)CC1CCCN1C(=O)C1CC1(C)C. The highest BCUT2D eigenvalue weighted by Crippen LogP contribution is 2.53. The van der Waals surface area contributed by atoms with E-state index in [1.165, 1.54) is 0 Å². The van der Waals surface area contributed by atoms with Crippen LogP contribution in [0.2, 0.25) is 0 Å². The Labute approximate surface area is 97.2 Å². The third-order valence-electron chi connectivity index (χ3n) is 3.99. The van der Waals surface area contributed by atoms with Crippen molar-refractivity contribution in [3.63, 3.8) is 0 Å². The summed E-state index contributed by atoms with van der Waals surface area (Å²) in [6.07, 6.45) is 3.60. The molecule has 0 aromatic carbocycles. The molecule has 0 aromatic heterocycles. The number of hydrogen-bond donors (Lipinski definition) is 0. The van der Waals surface area contributed by atoms with Crippen LogP contribution in [0.3, 0.4) is 0 Å². The van der Waals surface area contributed by atoms with Crippen molar-refractivity contribution in [2.24, 2.45) is 11.3 Å². The summed E-state index contributed by atoms with van der Waals surface area (Å²) in [6.45, 7) is 6.75. The van der Waals surface area contributed by atoms with Crippen molar-refractivity contribution in [2.45, 2.75) is 52.5 Å². The van der Waals surface area contributed by atoms with Crippen LogP contribution in [-0.4, -0.2) is 29.2 Å². The number of hydrogen-bond acceptors (Lipinski definition) is 2. The molecule has 0 N–H and O–H groups in total. The summed E-state index contributed by atoms with van der Waals surface area (Å²) >= 11 is 0. The second kappa shape index (κ2) is 3.86. The molecule has 2 atom stereocenters. The van der Waals surface area contributed by atoms with Crippen molar-refractivity contribution >= 4 is 11.7 Å². The quantitative estimate of drug-likeness (QED) is 0.734. The molecule has 2 rings (SSSR count). The van der Waals surface area contributed by atoms with Gasteiger partial charge >= 0.3 is 0 Å². The normalized spacial score (nSPS) is 31.6. The van der Waals surface area contributed by atoms with Crippen LogP contribution in [0.1, 0.15) is 46.5 Å². The lowest BCUT2D eigenvalue weighted by molar-refractivity contribution is -0.134. The Kier molecular flexibility index (Phi) is 2.81. The first-order valence-electron chi connectivity index (χ1n) is 6.22. The average Bonchev–Trinajstić information content (AvgIpc) is 2.59. The molecule has 1 saturated carbocycles. The van der Waals surface area contributed by atoms with Crippen LogP contribution in [0.25, 0.3) is 0 Å². The number of Topliss-reactive ketones (excluding diaryl/α,β-unsaturated/α-hetero) is 1. The molecule has 0 aromatic rings. The first kappa shape index (κ1) is 11.6. The molecule has 0 bridgehead atoms. The molecule has 1 aliphatic carbocycles. The Hall–Kier alpha value is -0.860. The lowest BCUT2D eigenvalue weighted by Crippen LogP contribution is -2.38. The maximum atomic E-state index is 12.2. The van der Waals surface area contributed by atoms with Gasteiger partial charge in [-0.25, -0.2) is 0 Å². The zero-order chi connectivity index (χ0) is 11.9. The van der Waals surface area contributed by atoms with Crippen molar-refractivity contribution in [3.8, 4) is 0 Å². The zero-order valence-electron chi connectivity index (χ0n) is 10.5. The van der Waals surface area contributed by atoms with E-state index in [1.807, 2.05) is 4.90 Å². The summed E-state index contributed by atoms with van der Waals surface area (Å²) in [5.74, 6) is 0.688. The van der Waals surface area contributed by atoms with E-state index in [9.17, 15) is 9.59 Å². The lowest BCUT2D eigenvalue weighted by Gasteiger charge is -2.24. The third-order valence-corrected chi connectivity index (χ3v) is 3.99. The predicted octanol–water partition coefficient (Wildman–Crippen LogP) is 2.00. The number of carbonyl (C=O) groups is 2. The maximum Gasteiger partial charge on any atom is 0.226 e. The fraction of sp³-hybridized carbons (Fsp3) is 0.846. The van der Waals surface area contributed by atoms with E-state index in [0.717, 1.165) is 25.8 Å². The topological polar surface area (TPSA) is 37.4 Å². The maximum absolute atomic E-state index is 12.2. The van der Waals surface area contributed by atoms with Crippen molar-refractivity contribution in [2.75, 3.05) is 6.54 Å². The van der Waals surface area contributed by atoms with Crippen LogP contribution < -0.4 is 0 Å². The largest absolute Gasteiger partial charge is 0.339 e. The van der Waals surface area contributed by atoms with Gasteiger partial charge in [-0.3, -0.25) is 9.59 Å². The van der Waals surface area contributed by atoms with Gasteiger partial charge in [-0.1, -0.05) is 13.8 Å². The molecule has 0 radical (unpaired) electrons. The predicted molar refractivity (Wildman–Crippen MR) is 61.9 cm³/mol. The molecule has 1 amide bonds. The van der Waals surface area contributed by atoms with E-state index in [1.54, 1.807) is 6.92 Å². The summed E-state index contributed by atoms with van der Waals surface area (Å²) in [4.78, 5) is 25.3. The lowest BCUT2D eigenvalue weighted by atomic mass is 10.1. The molecule has 90 valence electrons. The Bertz CT molecular complexity index is 322. The Morgan fingerprint density at radius 1 is 1.38 bits per heavy atom. The van der Waals surface area contributed by atoms with Gasteiger partial charge in [0.15, 0.2) is 0 Å². The molecule has 1 aliphatic heterocycles. The number of nitrogens with zero attached hydrogens (tertiary/aromatic N) is 1. The minimum atomic E-state index is 0.182. The van der Waals surface area contributed by atoms with Crippen LogP contribution in [0.4, 0.5) is 0 Å². The first-order chi connectivity index (χ1) is 7.42. The first-order valence-corrected chi connectivity index (χ1v) is 6.22. The average molecular weight is 223 g/mol. The Morgan fingerprint density at radius 2 is 2.00 bits per heavy atom. The van der Waals surface area contributed by atoms with Crippen molar-refractivity contribution in [1.82, 2.24) is 4.90 Å². The third kappa shape index (κ3) is 2.13. The van der Waals surface area contributed by atoms with Gasteiger partial charge in [0.05, 0.1) is 0 Å². The monoisotopic (exact) mass is 223 g/mol. The van der Waals surface area contributed by atoms with Crippen molar-refractivity contribution in [1.29, 1.82) is 0 Å². The highest BCUT2D eigenvalue weighted by molar-refractivity contribution is 5.84. The second-order valence-electron chi connectivity index (χ2n) is 5.98. The highest BCUT2D eigenvalue weighted by atomic mass is 16.2. The van der Waals surface area contributed by atoms with Crippen LogP contribution in [0.5, 0.6) is 0 Å². The van der Waals surface area contributed by atoms with Crippen LogP contribution in [-0.2, 0) is 9.59 Å². The van der Waals surface area contributed by atoms with Crippen LogP contribution in [0.15, 0.2) is 0 Å². The number of amides is 1. The molecular formula is C13H21NO2. The van der Waals surface area contributed by atoms with Gasteiger partial charge < -0.3 is 4.90 Å². The van der Waals surface area contributed by atoms with E-state index in [0.29, 0.717) is 6.42 Å². The summed E-state index contributed by atoms with van der Waals surface area (Å²) in [5, 5.41) is 0. The Morgan fingerprint density at radius 3 is 2.50 bits per heavy atom. The molecule has 3 heteroatoms. The smallest absolute Gasteiger partial charge is 0.226 e. The van der Waals surface area contributed by atoms with E-state index in [4.69, 9.17) is 0 Å².